The van der Waals surface area contributed by atoms with Gasteiger partial charge in [-0.2, -0.15) is 10.1 Å². The third-order valence-electron chi connectivity index (χ3n) is 4.07. The van der Waals surface area contributed by atoms with Gasteiger partial charge < -0.3 is 19.5 Å². The zero-order valence-corrected chi connectivity index (χ0v) is 14.1. The van der Waals surface area contributed by atoms with E-state index in [1.165, 1.54) is 6.33 Å². The minimum absolute atomic E-state index is 0.191. The van der Waals surface area contributed by atoms with Gasteiger partial charge in [-0.25, -0.2) is 9.48 Å². The summed E-state index contributed by atoms with van der Waals surface area (Å²) in [5.74, 6) is 1.51. The summed E-state index contributed by atoms with van der Waals surface area (Å²) in [5.41, 5.74) is 2.02. The van der Waals surface area contributed by atoms with Crippen LogP contribution in [0.1, 0.15) is 32.4 Å². The maximum Gasteiger partial charge on any atom is 0.338 e. The predicted molar refractivity (Wildman–Crippen MR) is 88.3 cm³/mol. The van der Waals surface area contributed by atoms with E-state index in [9.17, 15) is 4.79 Å². The van der Waals surface area contributed by atoms with Crippen molar-refractivity contribution in [3.63, 3.8) is 0 Å². The fraction of sp³-hybridized carbons (Fsp3) is 0.353. The Morgan fingerprint density at radius 3 is 2.96 bits per heavy atom. The first-order chi connectivity index (χ1) is 12.0. The third-order valence-corrected chi connectivity index (χ3v) is 4.07. The summed E-state index contributed by atoms with van der Waals surface area (Å²) in [6.45, 7) is 5.66. The molecule has 1 aromatic carbocycles. The molecule has 2 aliphatic heterocycles. The second kappa shape index (κ2) is 5.80. The highest BCUT2D eigenvalue weighted by Gasteiger charge is 2.35. The van der Waals surface area contributed by atoms with Crippen molar-refractivity contribution in [3.05, 3.63) is 41.4 Å². The first-order valence-electron chi connectivity index (χ1n) is 8.02. The number of fused-ring (bicyclic) bond motifs is 2. The van der Waals surface area contributed by atoms with Gasteiger partial charge in [-0.05, 0) is 38.5 Å². The third kappa shape index (κ3) is 2.59. The van der Waals surface area contributed by atoms with Crippen molar-refractivity contribution in [2.24, 2.45) is 0 Å². The molecule has 1 N–H and O–H groups in total. The van der Waals surface area contributed by atoms with E-state index < -0.39 is 6.04 Å². The number of benzene rings is 1. The number of esters is 1. The molecule has 0 aliphatic carbocycles. The van der Waals surface area contributed by atoms with E-state index in [4.69, 9.17) is 14.2 Å². The lowest BCUT2D eigenvalue weighted by Crippen LogP contribution is -2.30. The summed E-state index contributed by atoms with van der Waals surface area (Å²) in [6, 6.07) is 5.13. The highest BCUT2D eigenvalue weighted by molar-refractivity contribution is 5.92. The van der Waals surface area contributed by atoms with E-state index in [1.54, 1.807) is 4.68 Å². The van der Waals surface area contributed by atoms with Crippen LogP contribution in [-0.2, 0) is 9.53 Å². The van der Waals surface area contributed by atoms with Crippen molar-refractivity contribution >= 4 is 11.9 Å². The van der Waals surface area contributed by atoms with E-state index in [0.29, 0.717) is 28.7 Å². The molecule has 1 unspecified atom stereocenters. The summed E-state index contributed by atoms with van der Waals surface area (Å²) in [6.07, 6.45) is 1.23. The lowest BCUT2D eigenvalue weighted by molar-refractivity contribution is -0.143. The Hall–Kier alpha value is -3.03. The van der Waals surface area contributed by atoms with Crippen LogP contribution in [0, 0.1) is 0 Å². The molecule has 0 spiro atoms. The largest absolute Gasteiger partial charge is 0.459 e. The quantitative estimate of drug-likeness (QED) is 0.856. The lowest BCUT2D eigenvalue weighted by Gasteiger charge is -2.28. The number of nitrogens with one attached hydrogen (secondary N) is 1. The number of hydrogen-bond donors (Lipinski definition) is 1. The average Bonchev–Trinajstić information content (AvgIpc) is 3.20. The zero-order chi connectivity index (χ0) is 17.6. The number of rotatable bonds is 3. The van der Waals surface area contributed by atoms with Gasteiger partial charge in [0.2, 0.25) is 12.7 Å². The Bertz CT molecular complexity index is 871. The van der Waals surface area contributed by atoms with Crippen molar-refractivity contribution in [1.29, 1.82) is 0 Å². The SMILES string of the molecule is CC1=C(C(=O)OC(C)C)C(c2ccc3c(c2)OCO3)n2ncnc2N1. The maximum atomic E-state index is 12.7. The van der Waals surface area contributed by atoms with Gasteiger partial charge in [0.05, 0.1) is 11.7 Å². The number of allylic oxidation sites excluding steroid dienone is 1. The normalized spacial score (nSPS) is 18.2. The van der Waals surface area contributed by atoms with E-state index in [2.05, 4.69) is 15.4 Å². The van der Waals surface area contributed by atoms with Crippen LogP contribution >= 0.6 is 0 Å². The van der Waals surface area contributed by atoms with E-state index in [-0.39, 0.29) is 18.9 Å². The average molecular weight is 342 g/mol. The molecule has 0 fully saturated rings. The van der Waals surface area contributed by atoms with Crippen molar-refractivity contribution < 1.29 is 19.0 Å². The van der Waals surface area contributed by atoms with Crippen molar-refractivity contribution in [3.8, 4) is 11.5 Å². The van der Waals surface area contributed by atoms with Crippen molar-refractivity contribution in [1.82, 2.24) is 14.8 Å². The van der Waals surface area contributed by atoms with Crippen LogP contribution < -0.4 is 14.8 Å². The molecule has 2 aliphatic rings. The Balaban J connectivity index is 1.82. The van der Waals surface area contributed by atoms with Gasteiger partial charge in [0.25, 0.3) is 0 Å². The van der Waals surface area contributed by atoms with Gasteiger partial charge >= 0.3 is 5.97 Å². The molecular formula is C17H18N4O4. The molecule has 8 nitrogen and oxygen atoms in total. The Kier molecular flexibility index (Phi) is 3.60. The summed E-state index contributed by atoms with van der Waals surface area (Å²) >= 11 is 0. The number of aromatic nitrogens is 3. The highest BCUT2D eigenvalue weighted by atomic mass is 16.7. The van der Waals surface area contributed by atoms with Gasteiger partial charge in [0, 0.05) is 5.70 Å². The molecule has 0 saturated carbocycles. The van der Waals surface area contributed by atoms with Gasteiger partial charge in [-0.15, -0.1) is 0 Å². The van der Waals surface area contributed by atoms with E-state index >= 15 is 0 Å². The van der Waals surface area contributed by atoms with E-state index in [0.717, 1.165) is 5.56 Å². The fourth-order valence-electron chi connectivity index (χ4n) is 3.02. The number of ether oxygens (including phenoxy) is 3. The summed E-state index contributed by atoms with van der Waals surface area (Å²) < 4.78 is 18.0. The molecule has 130 valence electrons. The van der Waals surface area contributed by atoms with Crippen LogP contribution in [0.2, 0.25) is 0 Å². The number of carbonyl (C=O) groups excluding carboxylic acids is 1. The number of hydrogen-bond acceptors (Lipinski definition) is 7. The molecule has 1 atom stereocenters. The molecule has 0 amide bonds. The van der Waals surface area contributed by atoms with Crippen LogP contribution in [0.4, 0.5) is 5.95 Å². The first kappa shape index (κ1) is 15.5. The van der Waals surface area contributed by atoms with Crippen LogP contribution in [0.3, 0.4) is 0 Å². The standard InChI is InChI=1S/C17H18N4O4/c1-9(2)25-16(22)14-10(3)20-17-18-7-19-21(17)15(14)11-4-5-12-13(6-11)24-8-23-12/h4-7,9,15H,8H2,1-3H3,(H,18,19,20). The predicted octanol–water partition coefficient (Wildman–Crippen LogP) is 2.25. The smallest absolute Gasteiger partial charge is 0.338 e. The molecular weight excluding hydrogens is 324 g/mol. The fourth-order valence-corrected chi connectivity index (χ4v) is 3.02. The van der Waals surface area contributed by atoms with E-state index in [1.807, 2.05) is 39.0 Å². The minimum atomic E-state index is -0.459. The Morgan fingerprint density at radius 1 is 1.36 bits per heavy atom. The molecule has 1 aromatic heterocycles. The Labute approximate surface area is 144 Å². The summed E-state index contributed by atoms with van der Waals surface area (Å²) in [5, 5.41) is 7.39. The molecule has 0 saturated heterocycles. The minimum Gasteiger partial charge on any atom is -0.459 e. The van der Waals surface area contributed by atoms with Crippen molar-refractivity contribution in [2.45, 2.75) is 32.9 Å². The Morgan fingerprint density at radius 2 is 2.16 bits per heavy atom. The van der Waals surface area contributed by atoms with Gasteiger partial charge in [0.15, 0.2) is 11.5 Å². The van der Waals surface area contributed by atoms with Crippen molar-refractivity contribution in [2.75, 3.05) is 12.1 Å². The first-order valence-corrected chi connectivity index (χ1v) is 8.02. The number of anilines is 1. The molecule has 2 aromatic rings. The molecule has 3 heterocycles. The van der Waals surface area contributed by atoms with Crippen LogP contribution in [0.25, 0.3) is 0 Å². The second-order valence-corrected chi connectivity index (χ2v) is 6.16. The maximum absolute atomic E-state index is 12.7. The second-order valence-electron chi connectivity index (χ2n) is 6.16. The zero-order valence-electron chi connectivity index (χ0n) is 14.1. The molecule has 0 bridgehead atoms. The van der Waals surface area contributed by atoms with Gasteiger partial charge in [-0.3, -0.25) is 0 Å². The monoisotopic (exact) mass is 342 g/mol. The lowest BCUT2D eigenvalue weighted by atomic mass is 9.95. The van der Waals surface area contributed by atoms with Gasteiger partial charge in [0.1, 0.15) is 12.4 Å². The summed E-state index contributed by atoms with van der Waals surface area (Å²) in [7, 11) is 0. The highest BCUT2D eigenvalue weighted by Crippen LogP contribution is 2.40. The van der Waals surface area contributed by atoms with Gasteiger partial charge in [-0.1, -0.05) is 6.07 Å². The number of carbonyl (C=O) groups is 1. The van der Waals surface area contributed by atoms with Crippen LogP contribution in [-0.4, -0.2) is 33.6 Å². The topological polar surface area (TPSA) is 87.5 Å². The molecule has 25 heavy (non-hydrogen) atoms. The molecule has 4 rings (SSSR count). The van der Waals surface area contributed by atoms with Crippen LogP contribution in [0.15, 0.2) is 35.8 Å². The summed E-state index contributed by atoms with van der Waals surface area (Å²) in [4.78, 5) is 16.9. The number of nitrogens with zero attached hydrogens (tertiary/aromatic N) is 3. The molecule has 0 radical (unpaired) electrons. The van der Waals surface area contributed by atoms with Crippen LogP contribution in [0.5, 0.6) is 11.5 Å². The molecule has 8 heteroatoms.